The maximum atomic E-state index is 12.3. The van der Waals surface area contributed by atoms with E-state index in [0.29, 0.717) is 28.0 Å². The lowest BCUT2D eigenvalue weighted by Gasteiger charge is -2.13. The lowest BCUT2D eigenvalue weighted by Crippen LogP contribution is -2.37. The number of nitrogens with zero attached hydrogens (tertiary/aromatic N) is 3. The van der Waals surface area contributed by atoms with Gasteiger partial charge < -0.3 is 5.32 Å². The Hall–Kier alpha value is -3.55. The van der Waals surface area contributed by atoms with Crippen LogP contribution in [0.3, 0.4) is 0 Å². The van der Waals surface area contributed by atoms with Crippen LogP contribution in [0.25, 0.3) is 11.0 Å². The molecule has 0 unspecified atom stereocenters. The number of pyridine rings is 1. The van der Waals surface area contributed by atoms with Crippen LogP contribution in [0.5, 0.6) is 0 Å². The minimum Gasteiger partial charge on any atom is -0.309 e. The van der Waals surface area contributed by atoms with Gasteiger partial charge in [0, 0.05) is 6.20 Å². The van der Waals surface area contributed by atoms with E-state index in [-0.39, 0.29) is 6.54 Å². The summed E-state index contributed by atoms with van der Waals surface area (Å²) in [5.74, 6) is -1.07. The maximum absolute atomic E-state index is 12.3. The summed E-state index contributed by atoms with van der Waals surface area (Å²) in [5, 5.41) is 9.91. The lowest BCUT2D eigenvalue weighted by atomic mass is 10.1. The molecular formula is C16H11N5O3. The first-order chi connectivity index (χ1) is 11.6. The third-order valence-corrected chi connectivity index (χ3v) is 3.77. The molecule has 0 aliphatic carbocycles. The van der Waals surface area contributed by atoms with Gasteiger partial charge in [0.15, 0.2) is 5.65 Å². The molecule has 0 bridgehead atoms. The average Bonchev–Trinajstić information content (AvgIpc) is 3.11. The maximum Gasteiger partial charge on any atom is 0.262 e. The number of aromatic nitrogens is 3. The summed E-state index contributed by atoms with van der Waals surface area (Å²) < 4.78 is 0. The molecule has 118 valence electrons. The number of benzene rings is 1. The third-order valence-electron chi connectivity index (χ3n) is 3.77. The molecule has 0 radical (unpaired) electrons. The van der Waals surface area contributed by atoms with E-state index in [0.717, 1.165) is 4.90 Å². The van der Waals surface area contributed by atoms with Gasteiger partial charge in [0.1, 0.15) is 12.4 Å². The van der Waals surface area contributed by atoms with Gasteiger partial charge in [-0.25, -0.2) is 4.98 Å². The Balaban J connectivity index is 1.53. The second kappa shape index (κ2) is 5.27. The van der Waals surface area contributed by atoms with Crippen LogP contribution in [0.2, 0.25) is 0 Å². The molecule has 0 saturated heterocycles. The minimum absolute atomic E-state index is 0.312. The monoisotopic (exact) mass is 321 g/mol. The summed E-state index contributed by atoms with van der Waals surface area (Å²) >= 11 is 0. The van der Waals surface area contributed by atoms with Gasteiger partial charge in [-0.2, -0.15) is 5.10 Å². The van der Waals surface area contributed by atoms with E-state index < -0.39 is 17.7 Å². The van der Waals surface area contributed by atoms with Crippen molar-refractivity contribution in [3.63, 3.8) is 0 Å². The molecule has 24 heavy (non-hydrogen) atoms. The summed E-state index contributed by atoms with van der Waals surface area (Å²) in [6.45, 7) is -0.368. The Morgan fingerprint density at radius 3 is 2.50 bits per heavy atom. The van der Waals surface area contributed by atoms with E-state index in [1.165, 1.54) is 0 Å². The number of H-pyrrole nitrogens is 1. The Labute approximate surface area is 135 Å². The van der Waals surface area contributed by atoms with Crippen molar-refractivity contribution in [2.24, 2.45) is 0 Å². The van der Waals surface area contributed by atoms with Crippen molar-refractivity contribution in [2.75, 3.05) is 11.9 Å². The number of hydrogen-bond donors (Lipinski definition) is 2. The van der Waals surface area contributed by atoms with Crippen LogP contribution >= 0.6 is 0 Å². The molecule has 0 spiro atoms. The fraction of sp³-hybridized carbons (Fsp3) is 0.0625. The van der Waals surface area contributed by atoms with Crippen molar-refractivity contribution in [1.82, 2.24) is 20.1 Å². The number of carbonyl (C=O) groups excluding carboxylic acids is 3. The summed E-state index contributed by atoms with van der Waals surface area (Å²) in [5.41, 5.74) is 1.09. The predicted octanol–water partition coefficient (Wildman–Crippen LogP) is 1.19. The van der Waals surface area contributed by atoms with Gasteiger partial charge in [-0.3, -0.25) is 24.4 Å². The zero-order valence-corrected chi connectivity index (χ0v) is 12.3. The molecule has 4 rings (SSSR count). The van der Waals surface area contributed by atoms with Gasteiger partial charge in [0.05, 0.1) is 16.5 Å². The highest BCUT2D eigenvalue weighted by molar-refractivity contribution is 6.22. The molecule has 2 N–H and O–H groups in total. The number of amides is 3. The van der Waals surface area contributed by atoms with Crippen molar-refractivity contribution in [3.8, 4) is 0 Å². The smallest absolute Gasteiger partial charge is 0.262 e. The van der Waals surface area contributed by atoms with Crippen LogP contribution in [0, 0.1) is 0 Å². The Kier molecular flexibility index (Phi) is 3.09. The molecule has 3 aromatic rings. The highest BCUT2D eigenvalue weighted by atomic mass is 16.2. The fourth-order valence-corrected chi connectivity index (χ4v) is 2.65. The Bertz CT molecular complexity index is 959. The molecule has 3 amide bonds. The van der Waals surface area contributed by atoms with E-state index in [1.807, 2.05) is 0 Å². The molecule has 0 fully saturated rings. The first kappa shape index (κ1) is 14.1. The molecule has 3 heterocycles. The SMILES string of the molecule is O=C(CN1C(=O)c2ccccc2C1=O)Nc1[nH]nc2ncccc12. The number of imide groups is 1. The third kappa shape index (κ3) is 2.12. The van der Waals surface area contributed by atoms with Gasteiger partial charge in [0.2, 0.25) is 5.91 Å². The first-order valence-electron chi connectivity index (χ1n) is 7.19. The zero-order chi connectivity index (χ0) is 16.7. The summed E-state index contributed by atoms with van der Waals surface area (Å²) in [7, 11) is 0. The number of rotatable bonds is 3. The van der Waals surface area contributed by atoms with E-state index >= 15 is 0 Å². The quantitative estimate of drug-likeness (QED) is 0.705. The number of hydrogen-bond acceptors (Lipinski definition) is 5. The number of aromatic amines is 1. The topological polar surface area (TPSA) is 108 Å². The van der Waals surface area contributed by atoms with Crippen LogP contribution in [-0.4, -0.2) is 44.3 Å². The largest absolute Gasteiger partial charge is 0.309 e. The number of fused-ring (bicyclic) bond motifs is 2. The summed E-state index contributed by atoms with van der Waals surface area (Å²) in [6, 6.07) is 9.97. The number of nitrogens with one attached hydrogen (secondary N) is 2. The first-order valence-corrected chi connectivity index (χ1v) is 7.19. The Morgan fingerprint density at radius 1 is 1.08 bits per heavy atom. The molecule has 8 nitrogen and oxygen atoms in total. The molecule has 1 aromatic carbocycles. The van der Waals surface area contributed by atoms with E-state index in [2.05, 4.69) is 20.5 Å². The van der Waals surface area contributed by atoms with Crippen LogP contribution in [0.15, 0.2) is 42.6 Å². The van der Waals surface area contributed by atoms with Gasteiger partial charge >= 0.3 is 0 Å². The van der Waals surface area contributed by atoms with Gasteiger partial charge in [0.25, 0.3) is 11.8 Å². The van der Waals surface area contributed by atoms with Crippen LogP contribution in [-0.2, 0) is 4.79 Å². The normalized spacial score (nSPS) is 13.4. The predicted molar refractivity (Wildman–Crippen MR) is 84.3 cm³/mol. The number of carbonyl (C=O) groups is 3. The van der Waals surface area contributed by atoms with Crippen molar-refractivity contribution in [2.45, 2.75) is 0 Å². The van der Waals surface area contributed by atoms with Gasteiger partial charge in [-0.05, 0) is 24.3 Å². The van der Waals surface area contributed by atoms with E-state index in [9.17, 15) is 14.4 Å². The Morgan fingerprint density at radius 2 is 1.79 bits per heavy atom. The van der Waals surface area contributed by atoms with Crippen LogP contribution < -0.4 is 5.32 Å². The minimum atomic E-state index is -0.501. The molecule has 2 aromatic heterocycles. The number of anilines is 1. The fourth-order valence-electron chi connectivity index (χ4n) is 2.65. The second-order valence-electron chi connectivity index (χ2n) is 5.26. The van der Waals surface area contributed by atoms with Gasteiger partial charge in [-0.1, -0.05) is 12.1 Å². The van der Waals surface area contributed by atoms with Crippen molar-refractivity contribution in [1.29, 1.82) is 0 Å². The highest BCUT2D eigenvalue weighted by Crippen LogP contribution is 2.22. The highest BCUT2D eigenvalue weighted by Gasteiger charge is 2.36. The lowest BCUT2D eigenvalue weighted by molar-refractivity contribution is -0.116. The summed E-state index contributed by atoms with van der Waals surface area (Å²) in [4.78, 5) is 41.7. The van der Waals surface area contributed by atoms with Gasteiger partial charge in [-0.15, -0.1) is 0 Å². The van der Waals surface area contributed by atoms with Crippen molar-refractivity contribution >= 4 is 34.6 Å². The van der Waals surface area contributed by atoms with Crippen LogP contribution in [0.1, 0.15) is 20.7 Å². The van der Waals surface area contributed by atoms with E-state index in [4.69, 9.17) is 0 Å². The zero-order valence-electron chi connectivity index (χ0n) is 12.3. The average molecular weight is 321 g/mol. The second-order valence-corrected chi connectivity index (χ2v) is 5.26. The molecule has 0 saturated carbocycles. The molecule has 8 heteroatoms. The summed E-state index contributed by atoms with van der Waals surface area (Å²) in [6.07, 6.45) is 1.59. The standard InChI is InChI=1S/C16H11N5O3/c22-12(18-14-11-6-3-7-17-13(11)19-20-14)8-21-15(23)9-4-1-2-5-10(9)16(21)24/h1-7H,8H2,(H2,17,18,19,20,22). The van der Waals surface area contributed by atoms with Crippen molar-refractivity contribution in [3.05, 3.63) is 53.7 Å². The molecular weight excluding hydrogens is 310 g/mol. The molecule has 1 aliphatic heterocycles. The van der Waals surface area contributed by atoms with Crippen molar-refractivity contribution < 1.29 is 14.4 Å². The molecule has 1 aliphatic rings. The van der Waals surface area contributed by atoms with Crippen LogP contribution in [0.4, 0.5) is 5.82 Å². The molecule has 0 atom stereocenters. The van der Waals surface area contributed by atoms with E-state index in [1.54, 1.807) is 42.6 Å².